The molecule has 0 aliphatic heterocycles. The highest BCUT2D eigenvalue weighted by Gasteiger charge is 2.20. The Morgan fingerprint density at radius 2 is 2.04 bits per heavy atom. The second-order valence-corrected chi connectivity index (χ2v) is 8.33. The van der Waals surface area contributed by atoms with Gasteiger partial charge in [-0.1, -0.05) is 24.3 Å². The summed E-state index contributed by atoms with van der Waals surface area (Å²) in [6.45, 7) is 0.329. The lowest BCUT2D eigenvalue weighted by atomic mass is 10.1. The number of fused-ring (bicyclic) bond motifs is 1. The topological polar surface area (TPSA) is 95.2 Å². The molecule has 7 nitrogen and oxygen atoms in total. The number of nitrogens with one attached hydrogen (secondary N) is 2. The van der Waals surface area contributed by atoms with Gasteiger partial charge in [0.05, 0.1) is 12.8 Å². The van der Waals surface area contributed by atoms with E-state index in [4.69, 9.17) is 0 Å². The first-order chi connectivity index (χ1) is 12.9. The lowest BCUT2D eigenvalue weighted by Gasteiger charge is -2.19. The molecule has 3 aromatic rings. The molecular weight excluding hydrogens is 364 g/mol. The van der Waals surface area contributed by atoms with E-state index in [1.165, 1.54) is 0 Å². The van der Waals surface area contributed by atoms with Crippen LogP contribution < -0.4 is 5.32 Å². The molecule has 0 atom stereocenters. The van der Waals surface area contributed by atoms with Crippen molar-refractivity contribution in [1.82, 2.24) is 19.6 Å². The number of carbonyl (C=O) groups excluding carboxylic acids is 1. The predicted octanol–water partition coefficient (Wildman–Crippen LogP) is 1.68. The number of pyridine rings is 1. The monoisotopic (exact) mass is 386 g/mol. The number of nitrogens with zero attached hydrogens (tertiary/aromatic N) is 2. The van der Waals surface area contributed by atoms with E-state index < -0.39 is 10.0 Å². The highest BCUT2D eigenvalue weighted by atomic mass is 32.2. The molecule has 1 aromatic carbocycles. The molecule has 0 aliphatic carbocycles. The van der Waals surface area contributed by atoms with E-state index in [-0.39, 0.29) is 19.0 Å². The van der Waals surface area contributed by atoms with Gasteiger partial charge in [0, 0.05) is 42.6 Å². The second-order valence-electron chi connectivity index (χ2n) is 6.35. The molecule has 3 rings (SSSR count). The van der Waals surface area contributed by atoms with Crippen molar-refractivity contribution < 1.29 is 13.2 Å². The van der Waals surface area contributed by atoms with Crippen LogP contribution in [-0.2, 0) is 27.8 Å². The summed E-state index contributed by atoms with van der Waals surface area (Å²) in [6, 6.07) is 11.5. The molecule has 1 amide bonds. The molecule has 2 aromatic heterocycles. The fourth-order valence-electron chi connectivity index (χ4n) is 2.88. The smallest absolute Gasteiger partial charge is 0.235 e. The lowest BCUT2D eigenvalue weighted by Crippen LogP contribution is -2.40. The van der Waals surface area contributed by atoms with Gasteiger partial charge in [0.1, 0.15) is 0 Å². The number of sulfonamides is 1. The van der Waals surface area contributed by atoms with Gasteiger partial charge in [0.15, 0.2) is 0 Å². The summed E-state index contributed by atoms with van der Waals surface area (Å²) in [4.78, 5) is 19.4. The summed E-state index contributed by atoms with van der Waals surface area (Å²) in [6.07, 6.45) is 6.90. The van der Waals surface area contributed by atoms with Gasteiger partial charge in [-0.3, -0.25) is 9.78 Å². The van der Waals surface area contributed by atoms with Crippen LogP contribution in [0.5, 0.6) is 0 Å². The Morgan fingerprint density at radius 1 is 1.22 bits per heavy atom. The number of aromatic nitrogens is 2. The van der Waals surface area contributed by atoms with Crippen molar-refractivity contribution >= 4 is 26.8 Å². The molecule has 0 radical (unpaired) electrons. The van der Waals surface area contributed by atoms with Crippen molar-refractivity contribution in [3.8, 4) is 0 Å². The maximum absolute atomic E-state index is 12.2. The number of rotatable bonds is 8. The number of hydrogen-bond donors (Lipinski definition) is 2. The Labute approximate surface area is 158 Å². The number of hydrogen-bond acceptors (Lipinski definition) is 4. The van der Waals surface area contributed by atoms with Crippen LogP contribution in [0, 0.1) is 0 Å². The SMILES string of the molecule is CS(=O)(=O)N(CC(=O)NCCc1c[nH]c2ccccc12)Cc1cccnc1. The predicted molar refractivity (Wildman–Crippen MR) is 105 cm³/mol. The van der Waals surface area contributed by atoms with E-state index in [1.807, 2.05) is 30.5 Å². The van der Waals surface area contributed by atoms with Crippen molar-refractivity contribution in [3.63, 3.8) is 0 Å². The fraction of sp³-hybridized carbons (Fsp3) is 0.263. The first kappa shape index (κ1) is 19.1. The molecule has 0 saturated carbocycles. The third kappa shape index (κ3) is 5.15. The van der Waals surface area contributed by atoms with Gasteiger partial charge < -0.3 is 10.3 Å². The van der Waals surface area contributed by atoms with Crippen molar-refractivity contribution in [2.75, 3.05) is 19.3 Å². The van der Waals surface area contributed by atoms with Crippen LogP contribution in [-0.4, -0.2) is 47.9 Å². The lowest BCUT2D eigenvalue weighted by molar-refractivity contribution is -0.121. The minimum absolute atomic E-state index is 0.114. The van der Waals surface area contributed by atoms with Gasteiger partial charge in [0.25, 0.3) is 0 Å². The number of aromatic amines is 1. The van der Waals surface area contributed by atoms with E-state index in [0.29, 0.717) is 13.0 Å². The van der Waals surface area contributed by atoms with Crippen LogP contribution in [0.1, 0.15) is 11.1 Å². The Hall–Kier alpha value is -2.71. The molecule has 8 heteroatoms. The van der Waals surface area contributed by atoms with Gasteiger partial charge in [-0.05, 0) is 29.7 Å². The maximum atomic E-state index is 12.2. The summed E-state index contributed by atoms with van der Waals surface area (Å²) in [7, 11) is -3.52. The van der Waals surface area contributed by atoms with Crippen LogP contribution in [0.2, 0.25) is 0 Å². The van der Waals surface area contributed by atoms with Crippen LogP contribution in [0.15, 0.2) is 55.0 Å². The summed E-state index contributed by atoms with van der Waals surface area (Å²) >= 11 is 0. The van der Waals surface area contributed by atoms with Gasteiger partial charge >= 0.3 is 0 Å². The molecule has 0 aliphatic rings. The third-order valence-electron chi connectivity index (χ3n) is 4.26. The summed E-state index contributed by atoms with van der Waals surface area (Å²) < 4.78 is 25.1. The van der Waals surface area contributed by atoms with Crippen LogP contribution in [0.3, 0.4) is 0 Å². The normalized spacial score (nSPS) is 11.8. The number of amides is 1. The van der Waals surface area contributed by atoms with Crippen molar-refractivity contribution in [3.05, 3.63) is 66.1 Å². The Bertz CT molecular complexity index is 1020. The Kier molecular flexibility index (Phi) is 5.88. The van der Waals surface area contributed by atoms with E-state index in [0.717, 1.165) is 32.6 Å². The van der Waals surface area contributed by atoms with Crippen molar-refractivity contribution in [2.24, 2.45) is 0 Å². The number of carbonyl (C=O) groups is 1. The molecule has 0 fully saturated rings. The van der Waals surface area contributed by atoms with Crippen molar-refractivity contribution in [2.45, 2.75) is 13.0 Å². The fourth-order valence-corrected chi connectivity index (χ4v) is 3.61. The van der Waals surface area contributed by atoms with Gasteiger partial charge in [-0.15, -0.1) is 0 Å². The molecule has 0 spiro atoms. The number of para-hydroxylation sites is 1. The van der Waals surface area contributed by atoms with E-state index in [9.17, 15) is 13.2 Å². The summed E-state index contributed by atoms with van der Waals surface area (Å²) in [5, 5.41) is 3.93. The van der Waals surface area contributed by atoms with Crippen molar-refractivity contribution in [1.29, 1.82) is 0 Å². The maximum Gasteiger partial charge on any atom is 0.235 e. The molecule has 0 bridgehead atoms. The summed E-state index contributed by atoms with van der Waals surface area (Å²) in [5.41, 5.74) is 2.90. The average molecular weight is 386 g/mol. The first-order valence-corrected chi connectivity index (χ1v) is 10.4. The minimum Gasteiger partial charge on any atom is -0.361 e. The average Bonchev–Trinajstić information content (AvgIpc) is 3.05. The van der Waals surface area contributed by atoms with Crippen LogP contribution >= 0.6 is 0 Å². The van der Waals surface area contributed by atoms with E-state index in [1.54, 1.807) is 24.5 Å². The summed E-state index contributed by atoms with van der Waals surface area (Å²) in [5.74, 6) is -0.329. The van der Waals surface area contributed by atoms with E-state index in [2.05, 4.69) is 15.3 Å². The zero-order valence-corrected chi connectivity index (χ0v) is 15.9. The van der Waals surface area contributed by atoms with Gasteiger partial charge in [-0.25, -0.2) is 8.42 Å². The quantitative estimate of drug-likeness (QED) is 0.616. The molecule has 2 N–H and O–H groups in total. The molecule has 0 unspecified atom stereocenters. The Morgan fingerprint density at radius 3 is 2.78 bits per heavy atom. The highest BCUT2D eigenvalue weighted by Crippen LogP contribution is 2.17. The Balaban J connectivity index is 1.56. The zero-order chi connectivity index (χ0) is 19.3. The van der Waals surface area contributed by atoms with Gasteiger partial charge in [0.2, 0.25) is 15.9 Å². The standard InChI is InChI=1S/C19H22N4O3S/c1-27(25,26)23(13-15-5-4-9-20-11-15)14-19(24)21-10-8-16-12-22-18-7-3-2-6-17(16)18/h2-7,9,11-12,22H,8,10,13-14H2,1H3,(H,21,24). The van der Waals surface area contributed by atoms with Gasteiger partial charge in [-0.2, -0.15) is 4.31 Å². The molecule has 142 valence electrons. The second kappa shape index (κ2) is 8.32. The van der Waals surface area contributed by atoms with Crippen LogP contribution in [0.25, 0.3) is 10.9 Å². The molecule has 27 heavy (non-hydrogen) atoms. The third-order valence-corrected chi connectivity index (χ3v) is 5.46. The number of benzene rings is 1. The molecule has 2 heterocycles. The zero-order valence-electron chi connectivity index (χ0n) is 15.1. The van der Waals surface area contributed by atoms with Crippen LogP contribution in [0.4, 0.5) is 0 Å². The highest BCUT2D eigenvalue weighted by molar-refractivity contribution is 7.88. The van der Waals surface area contributed by atoms with E-state index >= 15 is 0 Å². The number of H-pyrrole nitrogens is 1. The molecule has 0 saturated heterocycles. The molecular formula is C19H22N4O3S. The minimum atomic E-state index is -3.52. The largest absolute Gasteiger partial charge is 0.361 e. The first-order valence-electron chi connectivity index (χ1n) is 8.59.